The Morgan fingerprint density at radius 3 is 2.45 bits per heavy atom. The minimum atomic E-state index is -0.863. The lowest BCUT2D eigenvalue weighted by Gasteiger charge is -2.42. The number of aliphatic hydroxyl groups is 1. The summed E-state index contributed by atoms with van der Waals surface area (Å²) < 4.78 is 6.09. The van der Waals surface area contributed by atoms with Crippen LogP contribution in [0.4, 0.5) is 0 Å². The van der Waals surface area contributed by atoms with Crippen LogP contribution in [0.2, 0.25) is 0 Å². The molecular formula is C16H22BrNO2. The highest BCUT2D eigenvalue weighted by atomic mass is 79.9. The van der Waals surface area contributed by atoms with Crippen LogP contribution in [0.3, 0.4) is 0 Å². The van der Waals surface area contributed by atoms with E-state index in [4.69, 9.17) is 4.42 Å². The minimum absolute atomic E-state index is 0.262. The van der Waals surface area contributed by atoms with Crippen molar-refractivity contribution in [1.29, 1.82) is 5.26 Å². The van der Waals surface area contributed by atoms with Crippen LogP contribution >= 0.6 is 15.9 Å². The maximum atomic E-state index is 10.6. The van der Waals surface area contributed by atoms with Gasteiger partial charge in [-0.05, 0) is 59.0 Å². The molecule has 1 fully saturated rings. The Bertz CT molecular complexity index is 501. The number of furan rings is 1. The first-order valence-electron chi connectivity index (χ1n) is 7.12. The number of nitrogens with zero attached hydrogens (tertiary/aromatic N) is 1. The van der Waals surface area contributed by atoms with Gasteiger partial charge in [0.2, 0.25) is 0 Å². The minimum Gasteiger partial charge on any atom is -0.465 e. The molecule has 110 valence electrons. The molecule has 1 saturated carbocycles. The molecule has 0 aliphatic heterocycles. The molecule has 2 rings (SSSR count). The molecule has 0 spiro atoms. The molecule has 1 heterocycles. The highest BCUT2D eigenvalue weighted by Gasteiger charge is 2.46. The van der Waals surface area contributed by atoms with Crippen molar-refractivity contribution in [3.05, 3.63) is 22.6 Å². The SMILES string of the molecule is CC(C)(C)C1CCC(C#N)(C(O)c2occc2Br)CC1. The van der Waals surface area contributed by atoms with Crippen LogP contribution in [0.5, 0.6) is 0 Å². The molecule has 3 nitrogen and oxygen atoms in total. The number of aliphatic hydroxyl groups excluding tert-OH is 1. The zero-order chi connectivity index (χ0) is 15.0. The van der Waals surface area contributed by atoms with Gasteiger partial charge in [0.25, 0.3) is 0 Å². The van der Waals surface area contributed by atoms with Gasteiger partial charge in [0, 0.05) is 0 Å². The second kappa shape index (κ2) is 5.54. The van der Waals surface area contributed by atoms with Gasteiger partial charge in [-0.3, -0.25) is 0 Å². The maximum absolute atomic E-state index is 10.6. The Kier molecular flexibility index (Phi) is 4.32. The normalized spacial score (nSPS) is 28.9. The number of nitriles is 1. The average Bonchev–Trinajstić information content (AvgIpc) is 2.83. The maximum Gasteiger partial charge on any atom is 0.148 e. The zero-order valence-corrected chi connectivity index (χ0v) is 13.9. The van der Waals surface area contributed by atoms with Gasteiger partial charge in [-0.1, -0.05) is 20.8 Å². The summed E-state index contributed by atoms with van der Waals surface area (Å²) in [7, 11) is 0. The van der Waals surface area contributed by atoms with Crippen molar-refractivity contribution in [2.24, 2.45) is 16.7 Å². The Balaban J connectivity index is 2.18. The highest BCUT2D eigenvalue weighted by Crippen LogP contribution is 2.51. The third kappa shape index (κ3) is 2.80. The van der Waals surface area contributed by atoms with Gasteiger partial charge in [0.1, 0.15) is 11.9 Å². The lowest BCUT2D eigenvalue weighted by Crippen LogP contribution is -2.36. The summed E-state index contributed by atoms with van der Waals surface area (Å²) >= 11 is 3.37. The molecule has 0 aromatic carbocycles. The third-order valence-electron chi connectivity index (χ3n) is 4.74. The summed E-state index contributed by atoms with van der Waals surface area (Å²) in [5, 5.41) is 20.2. The van der Waals surface area contributed by atoms with Crippen LogP contribution in [-0.2, 0) is 0 Å². The second-order valence-corrected chi connectivity index (χ2v) is 7.80. The van der Waals surface area contributed by atoms with E-state index in [0.717, 1.165) is 30.2 Å². The fourth-order valence-electron chi connectivity index (χ4n) is 3.20. The van der Waals surface area contributed by atoms with Gasteiger partial charge in [-0.15, -0.1) is 0 Å². The van der Waals surface area contributed by atoms with E-state index in [9.17, 15) is 10.4 Å². The summed E-state index contributed by atoms with van der Waals surface area (Å²) in [6.45, 7) is 6.74. The van der Waals surface area contributed by atoms with Crippen LogP contribution in [0.1, 0.15) is 58.3 Å². The van der Waals surface area contributed by atoms with Crippen molar-refractivity contribution in [3.63, 3.8) is 0 Å². The van der Waals surface area contributed by atoms with Gasteiger partial charge in [0.05, 0.1) is 22.2 Å². The van der Waals surface area contributed by atoms with E-state index in [1.165, 1.54) is 6.26 Å². The molecule has 1 aliphatic rings. The van der Waals surface area contributed by atoms with Crippen molar-refractivity contribution in [2.75, 3.05) is 0 Å². The van der Waals surface area contributed by atoms with E-state index < -0.39 is 11.5 Å². The lowest BCUT2D eigenvalue weighted by molar-refractivity contribution is -0.00426. The van der Waals surface area contributed by atoms with Crippen LogP contribution in [0.25, 0.3) is 0 Å². The number of halogens is 1. The van der Waals surface area contributed by atoms with Crippen LogP contribution in [-0.4, -0.2) is 5.11 Å². The van der Waals surface area contributed by atoms with Gasteiger partial charge >= 0.3 is 0 Å². The van der Waals surface area contributed by atoms with E-state index in [1.807, 2.05) is 0 Å². The first kappa shape index (κ1) is 15.6. The highest BCUT2D eigenvalue weighted by molar-refractivity contribution is 9.10. The van der Waals surface area contributed by atoms with Crippen LogP contribution < -0.4 is 0 Å². The van der Waals surface area contributed by atoms with Gasteiger partial charge in [-0.2, -0.15) is 5.26 Å². The predicted molar refractivity (Wildman–Crippen MR) is 80.8 cm³/mol. The summed E-state index contributed by atoms with van der Waals surface area (Å²) in [6, 6.07) is 4.13. The molecule has 0 radical (unpaired) electrons. The second-order valence-electron chi connectivity index (χ2n) is 6.94. The molecule has 0 amide bonds. The van der Waals surface area contributed by atoms with E-state index in [1.54, 1.807) is 6.07 Å². The molecule has 1 atom stereocenters. The Labute approximate surface area is 129 Å². The first-order valence-corrected chi connectivity index (χ1v) is 7.92. The summed E-state index contributed by atoms with van der Waals surface area (Å²) in [4.78, 5) is 0. The summed E-state index contributed by atoms with van der Waals surface area (Å²) in [6.07, 6.45) is 4.07. The Morgan fingerprint density at radius 1 is 1.45 bits per heavy atom. The van der Waals surface area contributed by atoms with Crippen molar-refractivity contribution >= 4 is 15.9 Å². The number of rotatable bonds is 2. The molecule has 1 aliphatic carbocycles. The molecule has 20 heavy (non-hydrogen) atoms. The molecule has 1 unspecified atom stereocenters. The standard InChI is InChI=1S/C16H22BrNO2/c1-15(2,3)11-4-7-16(10-18,8-5-11)14(19)13-12(17)6-9-20-13/h6,9,11,14,19H,4-5,7-8H2,1-3H3. The Morgan fingerprint density at radius 2 is 2.05 bits per heavy atom. The molecule has 1 aromatic rings. The lowest BCUT2D eigenvalue weighted by atomic mass is 9.62. The van der Waals surface area contributed by atoms with E-state index in [2.05, 4.69) is 42.8 Å². The number of hydrogen-bond acceptors (Lipinski definition) is 3. The smallest absolute Gasteiger partial charge is 0.148 e. The van der Waals surface area contributed by atoms with Gasteiger partial charge in [-0.25, -0.2) is 0 Å². The average molecular weight is 340 g/mol. The topological polar surface area (TPSA) is 57.2 Å². The zero-order valence-electron chi connectivity index (χ0n) is 12.3. The molecular weight excluding hydrogens is 318 g/mol. The third-order valence-corrected chi connectivity index (χ3v) is 5.40. The fraction of sp³-hybridized carbons (Fsp3) is 0.688. The van der Waals surface area contributed by atoms with Gasteiger partial charge in [0.15, 0.2) is 0 Å². The van der Waals surface area contributed by atoms with Crippen molar-refractivity contribution in [2.45, 2.75) is 52.6 Å². The predicted octanol–water partition coefficient (Wildman–Crippen LogP) is 4.82. The molecule has 4 heteroatoms. The molecule has 1 aromatic heterocycles. The van der Waals surface area contributed by atoms with Gasteiger partial charge < -0.3 is 9.52 Å². The van der Waals surface area contributed by atoms with E-state index in [0.29, 0.717) is 11.7 Å². The fourth-order valence-corrected chi connectivity index (χ4v) is 3.62. The first-order chi connectivity index (χ1) is 9.30. The number of hydrogen-bond donors (Lipinski definition) is 1. The van der Waals surface area contributed by atoms with Crippen LogP contribution in [0, 0.1) is 28.1 Å². The summed E-state index contributed by atoms with van der Waals surface area (Å²) in [5.41, 5.74) is -0.458. The van der Waals surface area contributed by atoms with Crippen molar-refractivity contribution < 1.29 is 9.52 Å². The summed E-state index contributed by atoms with van der Waals surface area (Å²) in [5.74, 6) is 1.08. The van der Waals surface area contributed by atoms with E-state index >= 15 is 0 Å². The van der Waals surface area contributed by atoms with Crippen LogP contribution in [0.15, 0.2) is 21.2 Å². The quantitative estimate of drug-likeness (QED) is 0.839. The van der Waals surface area contributed by atoms with E-state index in [-0.39, 0.29) is 5.41 Å². The molecule has 0 saturated heterocycles. The van der Waals surface area contributed by atoms with Crippen molar-refractivity contribution in [1.82, 2.24) is 0 Å². The monoisotopic (exact) mass is 339 g/mol. The molecule has 0 bridgehead atoms. The molecule has 1 N–H and O–H groups in total. The Hall–Kier alpha value is -0.790. The van der Waals surface area contributed by atoms with Crippen molar-refractivity contribution in [3.8, 4) is 6.07 Å². The largest absolute Gasteiger partial charge is 0.465 e.